The minimum Gasteiger partial charge on any atom is -0.325 e. The van der Waals surface area contributed by atoms with Crippen LogP contribution in [0.15, 0.2) is 48.5 Å². The summed E-state index contributed by atoms with van der Waals surface area (Å²) in [6, 6.07) is 13.8. The highest BCUT2D eigenvalue weighted by molar-refractivity contribution is 6.33. The minimum atomic E-state index is -0.282. The Morgan fingerprint density at radius 3 is 2.68 bits per heavy atom. The zero-order valence-electron chi connectivity index (χ0n) is 11.7. The zero-order chi connectivity index (χ0) is 15.5. The van der Waals surface area contributed by atoms with Crippen molar-refractivity contribution in [3.05, 3.63) is 70.6 Å². The molecule has 0 aliphatic carbocycles. The van der Waals surface area contributed by atoms with Crippen molar-refractivity contribution in [1.82, 2.24) is 15.0 Å². The molecule has 1 aromatic heterocycles. The molecule has 0 bridgehead atoms. The molecule has 3 rings (SSSR count). The summed E-state index contributed by atoms with van der Waals surface area (Å²) in [6.45, 7) is 0.648. The van der Waals surface area contributed by atoms with Gasteiger partial charge >= 0.3 is 0 Å². The van der Waals surface area contributed by atoms with E-state index < -0.39 is 0 Å². The van der Waals surface area contributed by atoms with E-state index in [1.807, 2.05) is 24.3 Å². The fourth-order valence-corrected chi connectivity index (χ4v) is 2.58. The Bertz CT molecular complexity index is 800. The van der Waals surface area contributed by atoms with E-state index in [9.17, 15) is 4.39 Å². The Morgan fingerprint density at radius 1 is 1.14 bits per heavy atom. The number of hydrogen-bond donors (Lipinski definition) is 1. The molecule has 2 aromatic carbocycles. The number of halogens is 2. The molecule has 6 heteroatoms. The molecule has 4 nitrogen and oxygen atoms in total. The fourth-order valence-electron chi connectivity index (χ4n) is 2.35. The molecular weight excluding hydrogens is 303 g/mol. The van der Waals surface area contributed by atoms with Crippen LogP contribution in [0.3, 0.4) is 0 Å². The van der Waals surface area contributed by atoms with Crippen LogP contribution in [0.5, 0.6) is 0 Å². The predicted octanol–water partition coefficient (Wildman–Crippen LogP) is 3.24. The van der Waals surface area contributed by atoms with Crippen LogP contribution in [0.2, 0.25) is 5.02 Å². The van der Waals surface area contributed by atoms with Crippen LogP contribution in [0.1, 0.15) is 11.3 Å². The van der Waals surface area contributed by atoms with E-state index in [0.717, 1.165) is 16.8 Å². The van der Waals surface area contributed by atoms with E-state index >= 15 is 0 Å². The smallest absolute Gasteiger partial charge is 0.123 e. The van der Waals surface area contributed by atoms with Gasteiger partial charge in [-0.25, -0.2) is 9.07 Å². The lowest BCUT2D eigenvalue weighted by atomic mass is 10.1. The van der Waals surface area contributed by atoms with Gasteiger partial charge in [0.15, 0.2) is 0 Å². The van der Waals surface area contributed by atoms with Crippen molar-refractivity contribution >= 4 is 11.6 Å². The second-order valence-electron chi connectivity index (χ2n) is 4.86. The zero-order valence-corrected chi connectivity index (χ0v) is 12.5. The molecule has 22 heavy (non-hydrogen) atoms. The third-order valence-corrected chi connectivity index (χ3v) is 3.68. The molecule has 112 valence electrons. The number of nitrogens with zero attached hydrogens (tertiary/aromatic N) is 3. The number of hydrogen-bond acceptors (Lipinski definition) is 3. The molecule has 1 heterocycles. The molecule has 0 amide bonds. The summed E-state index contributed by atoms with van der Waals surface area (Å²) < 4.78 is 15.0. The molecule has 0 fully saturated rings. The summed E-state index contributed by atoms with van der Waals surface area (Å²) in [6.07, 6.45) is 0. The van der Waals surface area contributed by atoms with E-state index in [1.54, 1.807) is 16.8 Å². The molecule has 0 aliphatic heterocycles. The monoisotopic (exact) mass is 316 g/mol. The molecule has 0 atom stereocenters. The van der Waals surface area contributed by atoms with E-state index in [1.165, 1.54) is 12.1 Å². The Kier molecular flexibility index (Phi) is 4.18. The van der Waals surface area contributed by atoms with E-state index in [-0.39, 0.29) is 12.4 Å². The van der Waals surface area contributed by atoms with E-state index in [0.29, 0.717) is 17.3 Å². The SMILES string of the molecule is NCc1nnn(Cc2cccc(F)c2)c1-c1ccccc1Cl. The highest BCUT2D eigenvalue weighted by Crippen LogP contribution is 2.29. The lowest BCUT2D eigenvalue weighted by Crippen LogP contribution is -2.06. The number of nitrogens with two attached hydrogens (primary N) is 1. The normalized spacial score (nSPS) is 10.9. The van der Waals surface area contributed by atoms with Gasteiger partial charge in [0.25, 0.3) is 0 Å². The maximum atomic E-state index is 13.3. The first-order valence-electron chi connectivity index (χ1n) is 6.81. The van der Waals surface area contributed by atoms with Gasteiger partial charge in [0.1, 0.15) is 11.5 Å². The van der Waals surface area contributed by atoms with Crippen LogP contribution in [0.4, 0.5) is 4.39 Å². The molecule has 0 aliphatic rings. The lowest BCUT2D eigenvalue weighted by Gasteiger charge is -2.09. The van der Waals surface area contributed by atoms with Crippen LogP contribution in [0, 0.1) is 5.82 Å². The fraction of sp³-hybridized carbons (Fsp3) is 0.125. The topological polar surface area (TPSA) is 56.7 Å². The van der Waals surface area contributed by atoms with Crippen molar-refractivity contribution in [2.45, 2.75) is 13.1 Å². The Balaban J connectivity index is 2.06. The van der Waals surface area contributed by atoms with Crippen molar-refractivity contribution < 1.29 is 4.39 Å². The summed E-state index contributed by atoms with van der Waals surface area (Å²) >= 11 is 6.28. The van der Waals surface area contributed by atoms with Gasteiger partial charge in [0, 0.05) is 12.1 Å². The highest BCUT2D eigenvalue weighted by atomic mass is 35.5. The van der Waals surface area contributed by atoms with Crippen LogP contribution >= 0.6 is 11.6 Å². The van der Waals surface area contributed by atoms with Crippen molar-refractivity contribution in [2.75, 3.05) is 0 Å². The van der Waals surface area contributed by atoms with Crippen molar-refractivity contribution in [1.29, 1.82) is 0 Å². The molecule has 0 saturated carbocycles. The summed E-state index contributed by atoms with van der Waals surface area (Å²) in [5.41, 5.74) is 8.77. The standard InChI is InChI=1S/C16H14ClFN4/c17-14-7-2-1-6-13(14)16-15(9-19)20-21-22(16)10-11-4-3-5-12(18)8-11/h1-8H,9-10,19H2. The average molecular weight is 317 g/mol. The third-order valence-electron chi connectivity index (χ3n) is 3.35. The summed E-state index contributed by atoms with van der Waals surface area (Å²) in [7, 11) is 0. The first kappa shape index (κ1) is 14.7. The second-order valence-corrected chi connectivity index (χ2v) is 5.26. The quantitative estimate of drug-likeness (QED) is 0.804. The summed E-state index contributed by atoms with van der Waals surface area (Å²) in [5.74, 6) is -0.282. The van der Waals surface area contributed by atoms with Crippen molar-refractivity contribution in [3.63, 3.8) is 0 Å². The van der Waals surface area contributed by atoms with Crippen LogP contribution in [-0.4, -0.2) is 15.0 Å². The maximum absolute atomic E-state index is 13.3. The second kappa shape index (κ2) is 6.25. The third kappa shape index (κ3) is 2.86. The van der Waals surface area contributed by atoms with Gasteiger partial charge in [0.2, 0.25) is 0 Å². The predicted molar refractivity (Wildman–Crippen MR) is 83.9 cm³/mol. The highest BCUT2D eigenvalue weighted by Gasteiger charge is 2.16. The lowest BCUT2D eigenvalue weighted by molar-refractivity contribution is 0.615. The van der Waals surface area contributed by atoms with E-state index in [2.05, 4.69) is 10.3 Å². The summed E-state index contributed by atoms with van der Waals surface area (Å²) in [5, 5.41) is 8.84. The Labute approximate surface area is 132 Å². The molecule has 0 saturated heterocycles. The largest absolute Gasteiger partial charge is 0.325 e. The van der Waals surface area contributed by atoms with Gasteiger partial charge < -0.3 is 5.73 Å². The molecule has 3 aromatic rings. The molecule has 0 unspecified atom stereocenters. The van der Waals surface area contributed by atoms with Gasteiger partial charge in [-0.3, -0.25) is 0 Å². The van der Waals surface area contributed by atoms with Gasteiger partial charge in [-0.1, -0.05) is 47.1 Å². The van der Waals surface area contributed by atoms with Crippen LogP contribution in [0.25, 0.3) is 11.3 Å². The number of benzene rings is 2. The molecular formula is C16H14ClFN4. The van der Waals surface area contributed by atoms with Crippen molar-refractivity contribution in [2.24, 2.45) is 5.73 Å². The molecule has 0 radical (unpaired) electrons. The van der Waals surface area contributed by atoms with Crippen LogP contribution < -0.4 is 5.73 Å². The number of aromatic nitrogens is 3. The minimum absolute atomic E-state index is 0.254. The van der Waals surface area contributed by atoms with Gasteiger partial charge in [-0.2, -0.15) is 0 Å². The number of rotatable bonds is 4. The van der Waals surface area contributed by atoms with Gasteiger partial charge in [-0.15, -0.1) is 5.10 Å². The van der Waals surface area contributed by atoms with Gasteiger partial charge in [0.05, 0.1) is 17.3 Å². The summed E-state index contributed by atoms with van der Waals surface area (Å²) in [4.78, 5) is 0. The first-order valence-corrected chi connectivity index (χ1v) is 7.18. The van der Waals surface area contributed by atoms with Crippen molar-refractivity contribution in [3.8, 4) is 11.3 Å². The van der Waals surface area contributed by atoms with Gasteiger partial charge in [-0.05, 0) is 23.8 Å². The van der Waals surface area contributed by atoms with Crippen LogP contribution in [-0.2, 0) is 13.1 Å². The molecule has 2 N–H and O–H groups in total. The molecule has 0 spiro atoms. The first-order chi connectivity index (χ1) is 10.7. The Hall–Kier alpha value is -2.24. The average Bonchev–Trinajstić information content (AvgIpc) is 2.90. The maximum Gasteiger partial charge on any atom is 0.123 e. The van der Waals surface area contributed by atoms with E-state index in [4.69, 9.17) is 17.3 Å². The Morgan fingerprint density at radius 2 is 1.95 bits per heavy atom.